The third-order valence-electron chi connectivity index (χ3n) is 11.1. The standard InChI is InChI=1S/C37H46N6O4/c1-37(19-24-6-5-7-25(16-24)20-37)33(43-22-31(40-41-43)28-14-15-28)36(47)42-21-29(44)18-32(42)35(46)39-30(34(38)45)17-23-10-12-27(13-11-23)26-8-3-2-4-9-26/h2-4,8-13,22,24-25,28-30,32-33,44H,5-7,14-21H2,1H3,(H2,38,45)(H,39,46)/t24?,25?,29-,30-,32+,33-,37?/m1/s1. The van der Waals surface area contributed by atoms with E-state index in [-0.39, 0.29) is 30.7 Å². The zero-order chi connectivity index (χ0) is 32.7. The van der Waals surface area contributed by atoms with Crippen LogP contribution in [0.5, 0.6) is 0 Å². The predicted octanol–water partition coefficient (Wildman–Crippen LogP) is 4.14. The number of hydrogen-bond donors (Lipinski definition) is 3. The largest absolute Gasteiger partial charge is 0.391 e. The summed E-state index contributed by atoms with van der Waals surface area (Å²) in [6.07, 6.45) is 10.2. The number of nitrogens with one attached hydrogen (secondary N) is 1. The highest BCUT2D eigenvalue weighted by molar-refractivity contribution is 5.93. The van der Waals surface area contributed by atoms with Crippen molar-refractivity contribution in [1.29, 1.82) is 0 Å². The van der Waals surface area contributed by atoms with Crippen LogP contribution in [-0.4, -0.2) is 67.5 Å². The van der Waals surface area contributed by atoms with Gasteiger partial charge in [0.2, 0.25) is 17.7 Å². The van der Waals surface area contributed by atoms with E-state index in [0.29, 0.717) is 17.8 Å². The number of hydrogen-bond acceptors (Lipinski definition) is 6. The van der Waals surface area contributed by atoms with E-state index in [0.717, 1.165) is 48.1 Å². The molecule has 1 aromatic heterocycles. The Morgan fingerprint density at radius 1 is 0.979 bits per heavy atom. The van der Waals surface area contributed by atoms with Gasteiger partial charge in [0.15, 0.2) is 0 Å². The number of aromatic nitrogens is 3. The van der Waals surface area contributed by atoms with Crippen LogP contribution >= 0.6 is 0 Å². The number of nitrogens with two attached hydrogens (primary N) is 1. The van der Waals surface area contributed by atoms with E-state index in [1.165, 1.54) is 30.6 Å². The Morgan fingerprint density at radius 3 is 2.32 bits per heavy atom. The number of carbonyl (C=O) groups excluding carboxylic acids is 3. The van der Waals surface area contributed by atoms with Gasteiger partial charge in [-0.25, -0.2) is 4.68 Å². The summed E-state index contributed by atoms with van der Waals surface area (Å²) in [7, 11) is 0. The fourth-order valence-electron chi connectivity index (χ4n) is 8.77. The highest BCUT2D eigenvalue weighted by atomic mass is 16.3. The smallest absolute Gasteiger partial charge is 0.248 e. The Hall–Kier alpha value is -4.05. The van der Waals surface area contributed by atoms with Gasteiger partial charge in [0.25, 0.3) is 0 Å². The molecule has 0 radical (unpaired) electrons. The summed E-state index contributed by atoms with van der Waals surface area (Å²) in [6.45, 7) is 2.25. The maximum absolute atomic E-state index is 14.7. The summed E-state index contributed by atoms with van der Waals surface area (Å²) < 4.78 is 1.75. The van der Waals surface area contributed by atoms with Crippen LogP contribution in [0.3, 0.4) is 0 Å². The first-order valence-electron chi connectivity index (χ1n) is 17.3. The summed E-state index contributed by atoms with van der Waals surface area (Å²) in [4.78, 5) is 42.7. The van der Waals surface area contributed by atoms with E-state index >= 15 is 0 Å². The number of amides is 3. The minimum Gasteiger partial charge on any atom is -0.391 e. The number of β-amino-alcohol motifs (C(OH)–C–C–N with tert-alkyl or cyclic N) is 1. The zero-order valence-corrected chi connectivity index (χ0v) is 27.1. The molecule has 1 aliphatic heterocycles. The summed E-state index contributed by atoms with van der Waals surface area (Å²) in [6, 6.07) is 15.3. The Morgan fingerprint density at radius 2 is 1.66 bits per heavy atom. The van der Waals surface area contributed by atoms with E-state index in [1.54, 1.807) is 4.68 Å². The molecule has 10 nitrogen and oxygen atoms in total. The van der Waals surface area contributed by atoms with Crippen LogP contribution in [0.4, 0.5) is 0 Å². The van der Waals surface area contributed by atoms with Crippen molar-refractivity contribution < 1.29 is 19.5 Å². The van der Waals surface area contributed by atoms with E-state index in [9.17, 15) is 19.5 Å². The lowest BCUT2D eigenvalue weighted by molar-refractivity contribution is -0.147. The zero-order valence-electron chi connectivity index (χ0n) is 27.1. The van der Waals surface area contributed by atoms with Crippen LogP contribution in [0.2, 0.25) is 0 Å². The molecular weight excluding hydrogens is 592 g/mol. The number of fused-ring (bicyclic) bond motifs is 2. The lowest BCUT2D eigenvalue weighted by Crippen LogP contribution is -2.55. The van der Waals surface area contributed by atoms with Crippen molar-refractivity contribution in [1.82, 2.24) is 25.2 Å². The van der Waals surface area contributed by atoms with E-state index in [2.05, 4.69) is 22.6 Å². The van der Waals surface area contributed by atoms with E-state index in [1.807, 2.05) is 60.8 Å². The lowest BCUT2D eigenvalue weighted by Gasteiger charge is -2.49. The first-order chi connectivity index (χ1) is 22.7. The quantitative estimate of drug-likeness (QED) is 0.305. The second kappa shape index (κ2) is 12.9. The van der Waals surface area contributed by atoms with Gasteiger partial charge in [0.1, 0.15) is 18.1 Å². The third kappa shape index (κ3) is 6.70. The van der Waals surface area contributed by atoms with Crippen LogP contribution in [0.15, 0.2) is 60.8 Å². The molecule has 3 saturated carbocycles. The molecule has 7 rings (SSSR count). The summed E-state index contributed by atoms with van der Waals surface area (Å²) in [5.41, 5.74) is 9.32. The molecule has 1 saturated heterocycles. The van der Waals surface area contributed by atoms with Crippen molar-refractivity contribution in [2.45, 2.75) is 101 Å². The molecule has 2 bridgehead atoms. The first kappa shape index (κ1) is 31.5. The van der Waals surface area contributed by atoms with Crippen molar-refractivity contribution >= 4 is 17.7 Å². The SMILES string of the molecule is CC1([C@@H](C(=O)N2C[C@H](O)C[C@H]2C(=O)N[C@H](Cc2ccc(-c3ccccc3)cc2)C(N)=O)n2cc(C3CC3)nn2)CC2CCCC(C2)C1. The molecule has 4 aliphatic rings. The maximum atomic E-state index is 14.7. The van der Waals surface area contributed by atoms with Crippen molar-refractivity contribution in [3.05, 3.63) is 72.1 Å². The van der Waals surface area contributed by atoms with Crippen LogP contribution in [0, 0.1) is 17.3 Å². The number of benzene rings is 2. The Bertz CT molecular complexity index is 1590. The number of aliphatic hydroxyl groups is 1. The van der Waals surface area contributed by atoms with Crippen LogP contribution < -0.4 is 11.1 Å². The molecule has 2 heterocycles. The number of primary amides is 1. The van der Waals surface area contributed by atoms with Gasteiger partial charge < -0.3 is 21.1 Å². The van der Waals surface area contributed by atoms with Crippen molar-refractivity contribution in [2.24, 2.45) is 23.0 Å². The topological polar surface area (TPSA) is 143 Å². The second-order valence-electron chi connectivity index (χ2n) is 14.9. The predicted molar refractivity (Wildman–Crippen MR) is 177 cm³/mol. The number of carbonyl (C=O) groups is 3. The normalized spacial score (nSPS) is 28.4. The fraction of sp³-hybridized carbons (Fsp3) is 0.541. The minimum atomic E-state index is -0.970. The van der Waals surface area contributed by atoms with Gasteiger partial charge in [-0.3, -0.25) is 14.4 Å². The molecule has 3 amide bonds. The van der Waals surface area contributed by atoms with Gasteiger partial charge in [-0.05, 0) is 66.0 Å². The second-order valence-corrected chi connectivity index (χ2v) is 14.9. The number of rotatable bonds is 10. The highest BCUT2D eigenvalue weighted by Crippen LogP contribution is 2.54. The average molecular weight is 639 g/mol. The Labute approximate surface area is 276 Å². The molecule has 4 fully saturated rings. The third-order valence-corrected chi connectivity index (χ3v) is 11.1. The highest BCUT2D eigenvalue weighted by Gasteiger charge is 2.52. The molecule has 248 valence electrons. The molecule has 3 aliphatic carbocycles. The molecule has 47 heavy (non-hydrogen) atoms. The molecule has 10 heteroatoms. The van der Waals surface area contributed by atoms with Crippen molar-refractivity contribution in [3.8, 4) is 11.1 Å². The first-order valence-corrected chi connectivity index (χ1v) is 17.3. The van der Waals surface area contributed by atoms with Gasteiger partial charge in [-0.2, -0.15) is 0 Å². The molecule has 0 spiro atoms. The molecule has 3 aromatic rings. The molecule has 2 unspecified atom stereocenters. The van der Waals surface area contributed by atoms with Gasteiger partial charge in [0.05, 0.1) is 11.8 Å². The average Bonchev–Trinajstić information content (AvgIpc) is 3.66. The molecule has 4 N–H and O–H groups in total. The molecule has 6 atom stereocenters. The lowest BCUT2D eigenvalue weighted by atomic mass is 9.59. The molecule has 2 aromatic carbocycles. The minimum absolute atomic E-state index is 0.0444. The Balaban J connectivity index is 1.11. The van der Waals surface area contributed by atoms with E-state index in [4.69, 9.17) is 5.73 Å². The summed E-state index contributed by atoms with van der Waals surface area (Å²) in [5.74, 6) is 0.165. The fourth-order valence-corrected chi connectivity index (χ4v) is 8.77. The monoisotopic (exact) mass is 638 g/mol. The molecular formula is C37H46N6O4. The van der Waals surface area contributed by atoms with Crippen molar-refractivity contribution in [2.75, 3.05) is 6.54 Å². The van der Waals surface area contributed by atoms with Gasteiger partial charge in [-0.15, -0.1) is 5.10 Å². The van der Waals surface area contributed by atoms with Crippen molar-refractivity contribution in [3.63, 3.8) is 0 Å². The maximum Gasteiger partial charge on any atom is 0.248 e. The number of aliphatic hydroxyl groups excluding tert-OH is 1. The number of nitrogens with zero attached hydrogens (tertiary/aromatic N) is 4. The Kier molecular flexibility index (Phi) is 8.63. The van der Waals surface area contributed by atoms with E-state index < -0.39 is 36.0 Å². The van der Waals surface area contributed by atoms with Gasteiger partial charge in [-0.1, -0.05) is 86.0 Å². The van der Waals surface area contributed by atoms with Gasteiger partial charge >= 0.3 is 0 Å². The van der Waals surface area contributed by atoms with Gasteiger partial charge in [0, 0.05) is 31.5 Å². The van der Waals surface area contributed by atoms with Crippen LogP contribution in [-0.2, 0) is 20.8 Å². The summed E-state index contributed by atoms with van der Waals surface area (Å²) >= 11 is 0. The number of likely N-dealkylation sites (tertiary alicyclic amines) is 1. The summed E-state index contributed by atoms with van der Waals surface area (Å²) in [5, 5.41) is 22.6. The van der Waals surface area contributed by atoms with Crippen LogP contribution in [0.25, 0.3) is 11.1 Å². The van der Waals surface area contributed by atoms with Crippen LogP contribution in [0.1, 0.15) is 87.9 Å².